The lowest BCUT2D eigenvalue weighted by atomic mass is 10.0. The van der Waals surface area contributed by atoms with E-state index in [0.717, 1.165) is 148 Å². The average Bonchev–Trinajstić information content (AvgIpc) is 3.49. The maximum absolute atomic E-state index is 12.9. The summed E-state index contributed by atoms with van der Waals surface area (Å²) in [6.07, 6.45) is 97.9. The van der Waals surface area contributed by atoms with E-state index in [-0.39, 0.29) is 31.1 Å². The summed E-state index contributed by atoms with van der Waals surface area (Å²) < 4.78 is 16.9. The number of rotatable bonds is 63. The van der Waals surface area contributed by atoms with Crippen LogP contribution in [0, 0.1) is 0 Å². The summed E-state index contributed by atoms with van der Waals surface area (Å²) in [5.74, 6) is -0.906. The zero-order valence-electron chi connectivity index (χ0n) is 54.4. The third kappa shape index (κ3) is 68.5. The molecular weight excluding hydrogens is 1020 g/mol. The largest absolute Gasteiger partial charge is 0.462 e. The van der Waals surface area contributed by atoms with Crippen LogP contribution < -0.4 is 0 Å². The molecule has 0 aliphatic heterocycles. The Balaban J connectivity index is 4.26. The molecule has 0 bridgehead atoms. The number of allylic oxidation sites excluding steroid dienone is 20. The highest BCUT2D eigenvalue weighted by molar-refractivity contribution is 5.71. The van der Waals surface area contributed by atoms with Crippen molar-refractivity contribution in [2.75, 3.05) is 13.2 Å². The van der Waals surface area contributed by atoms with E-state index in [9.17, 15) is 14.4 Å². The van der Waals surface area contributed by atoms with Gasteiger partial charge in [-0.2, -0.15) is 0 Å². The molecule has 1 atom stereocenters. The molecule has 474 valence electrons. The third-order valence-electron chi connectivity index (χ3n) is 14.9. The fourth-order valence-electron chi connectivity index (χ4n) is 9.68. The Morgan fingerprint density at radius 2 is 0.470 bits per heavy atom. The lowest BCUT2D eigenvalue weighted by Gasteiger charge is -2.18. The molecule has 0 saturated carbocycles. The molecule has 0 N–H and O–H groups in total. The van der Waals surface area contributed by atoms with Gasteiger partial charge in [-0.15, -0.1) is 0 Å². The second-order valence-corrected chi connectivity index (χ2v) is 23.1. The van der Waals surface area contributed by atoms with Gasteiger partial charge in [-0.05, 0) is 135 Å². The number of hydrogen-bond donors (Lipinski definition) is 0. The molecule has 0 rings (SSSR count). The van der Waals surface area contributed by atoms with Gasteiger partial charge >= 0.3 is 17.9 Å². The summed E-state index contributed by atoms with van der Waals surface area (Å²) in [6.45, 7) is 6.49. The Hall–Kier alpha value is -4.19. The van der Waals surface area contributed by atoms with Gasteiger partial charge in [0.2, 0.25) is 0 Å². The van der Waals surface area contributed by atoms with E-state index >= 15 is 0 Å². The fraction of sp³-hybridized carbons (Fsp3) is 0.701. The summed E-state index contributed by atoms with van der Waals surface area (Å²) in [6, 6.07) is 0. The monoisotopic (exact) mass is 1150 g/mol. The van der Waals surface area contributed by atoms with Crippen molar-refractivity contribution in [1.29, 1.82) is 0 Å². The number of carbonyl (C=O) groups excluding carboxylic acids is 3. The highest BCUT2D eigenvalue weighted by Gasteiger charge is 2.19. The number of esters is 3. The SMILES string of the molecule is CC/C=C\C/C=C\C/C=C\C/C=C\C/C=C\C/C=C\CCCCCCCCCCCCCCCCC(=O)OCC(COC(=O)CCCCCCC/C=C\C/C=C\CCCCCC)OC(=O)CCCCCCC/C=C\C/C=C\CCCCCC. The van der Waals surface area contributed by atoms with Crippen molar-refractivity contribution < 1.29 is 28.6 Å². The maximum Gasteiger partial charge on any atom is 0.306 e. The molecule has 0 aromatic heterocycles. The van der Waals surface area contributed by atoms with Crippen molar-refractivity contribution in [3.8, 4) is 0 Å². The second-order valence-electron chi connectivity index (χ2n) is 23.1. The maximum atomic E-state index is 12.9. The van der Waals surface area contributed by atoms with Crippen molar-refractivity contribution in [3.05, 3.63) is 122 Å². The van der Waals surface area contributed by atoms with Crippen molar-refractivity contribution in [2.24, 2.45) is 0 Å². The molecule has 0 aliphatic rings. The lowest BCUT2D eigenvalue weighted by Crippen LogP contribution is -2.30. The standard InChI is InChI=1S/C77H130O6/c1-4-7-10-13-16-19-22-25-28-31-32-33-34-35-36-37-38-39-40-41-42-43-44-45-46-47-50-52-55-58-61-64-67-70-76(79)82-73-74(83-77(80)71-68-65-62-59-56-53-49-30-27-24-21-18-15-12-9-6-3)72-81-75(78)69-66-63-60-57-54-51-48-29-26-23-20-17-14-11-8-5-2/h7,10,16,19-21,23-25,28-30,32-33,35-36,38-39,48-49,74H,4-6,8-9,11-15,17-18,22,26-27,31,34,37,40-47,50-73H2,1-3H3/b10-7-,19-16-,23-20-,24-21-,28-25-,33-32-,36-35-,39-38-,48-29-,49-30-. The molecule has 1 unspecified atom stereocenters. The zero-order chi connectivity index (χ0) is 59.9. The van der Waals surface area contributed by atoms with Crippen LogP contribution in [0.5, 0.6) is 0 Å². The Morgan fingerprint density at radius 3 is 0.735 bits per heavy atom. The van der Waals surface area contributed by atoms with E-state index in [1.54, 1.807) is 0 Å². The van der Waals surface area contributed by atoms with Crippen LogP contribution >= 0.6 is 0 Å². The quantitative estimate of drug-likeness (QED) is 0.0261. The average molecular weight is 1150 g/mol. The summed E-state index contributed by atoms with van der Waals surface area (Å²) in [4.78, 5) is 38.4. The highest BCUT2D eigenvalue weighted by Crippen LogP contribution is 2.16. The van der Waals surface area contributed by atoms with E-state index in [0.29, 0.717) is 19.3 Å². The van der Waals surface area contributed by atoms with Gasteiger partial charge in [0.15, 0.2) is 6.10 Å². The Morgan fingerprint density at radius 1 is 0.253 bits per heavy atom. The topological polar surface area (TPSA) is 78.9 Å². The van der Waals surface area contributed by atoms with Gasteiger partial charge in [-0.1, -0.05) is 296 Å². The normalized spacial score (nSPS) is 12.9. The lowest BCUT2D eigenvalue weighted by molar-refractivity contribution is -0.167. The molecule has 0 aliphatic carbocycles. The van der Waals surface area contributed by atoms with Crippen LogP contribution in [0.3, 0.4) is 0 Å². The van der Waals surface area contributed by atoms with Crippen LogP contribution in [0.4, 0.5) is 0 Å². The highest BCUT2D eigenvalue weighted by atomic mass is 16.6. The van der Waals surface area contributed by atoms with Gasteiger partial charge in [0.1, 0.15) is 13.2 Å². The van der Waals surface area contributed by atoms with Gasteiger partial charge < -0.3 is 14.2 Å². The molecular formula is C77H130O6. The molecule has 0 fully saturated rings. The Labute approximate surface area is 513 Å². The molecule has 6 heteroatoms. The Kier molecular flexibility index (Phi) is 66.7. The predicted octanol–water partition coefficient (Wildman–Crippen LogP) is 24.3. The molecule has 0 aromatic rings. The van der Waals surface area contributed by atoms with Gasteiger partial charge in [0, 0.05) is 19.3 Å². The summed E-state index contributed by atoms with van der Waals surface area (Å²) in [5.41, 5.74) is 0. The van der Waals surface area contributed by atoms with Crippen molar-refractivity contribution in [1.82, 2.24) is 0 Å². The van der Waals surface area contributed by atoms with Crippen LogP contribution in [-0.2, 0) is 28.6 Å². The molecule has 0 saturated heterocycles. The van der Waals surface area contributed by atoms with E-state index in [4.69, 9.17) is 14.2 Å². The van der Waals surface area contributed by atoms with Crippen molar-refractivity contribution in [3.63, 3.8) is 0 Å². The Bertz CT molecular complexity index is 1700. The third-order valence-corrected chi connectivity index (χ3v) is 14.9. The predicted molar refractivity (Wildman–Crippen MR) is 362 cm³/mol. The van der Waals surface area contributed by atoms with Gasteiger partial charge in [-0.3, -0.25) is 14.4 Å². The molecule has 0 radical (unpaired) electrons. The zero-order valence-corrected chi connectivity index (χ0v) is 54.4. The van der Waals surface area contributed by atoms with Crippen LogP contribution in [0.2, 0.25) is 0 Å². The van der Waals surface area contributed by atoms with E-state index in [2.05, 4.69) is 142 Å². The van der Waals surface area contributed by atoms with E-state index in [1.165, 1.54) is 141 Å². The van der Waals surface area contributed by atoms with Crippen molar-refractivity contribution in [2.45, 2.75) is 335 Å². The van der Waals surface area contributed by atoms with Crippen LogP contribution in [-0.4, -0.2) is 37.2 Å². The molecule has 0 amide bonds. The molecule has 0 aromatic carbocycles. The van der Waals surface area contributed by atoms with E-state index < -0.39 is 6.10 Å². The molecule has 0 spiro atoms. The number of unbranched alkanes of at least 4 members (excludes halogenated alkanes) is 32. The number of hydrogen-bond acceptors (Lipinski definition) is 6. The van der Waals surface area contributed by atoms with Gasteiger partial charge in [0.05, 0.1) is 0 Å². The minimum atomic E-state index is -0.794. The first-order chi connectivity index (χ1) is 41.0. The molecule has 6 nitrogen and oxygen atoms in total. The van der Waals surface area contributed by atoms with Crippen LogP contribution in [0.15, 0.2) is 122 Å². The van der Waals surface area contributed by atoms with E-state index in [1.807, 2.05) is 0 Å². The summed E-state index contributed by atoms with van der Waals surface area (Å²) in [5, 5.41) is 0. The summed E-state index contributed by atoms with van der Waals surface area (Å²) in [7, 11) is 0. The first kappa shape index (κ1) is 78.8. The first-order valence-electron chi connectivity index (χ1n) is 35.0. The minimum absolute atomic E-state index is 0.0883. The smallest absolute Gasteiger partial charge is 0.306 e. The van der Waals surface area contributed by atoms with Crippen LogP contribution in [0.25, 0.3) is 0 Å². The van der Waals surface area contributed by atoms with Gasteiger partial charge in [-0.25, -0.2) is 0 Å². The van der Waals surface area contributed by atoms with Gasteiger partial charge in [0.25, 0.3) is 0 Å². The second kappa shape index (κ2) is 70.3. The fourth-order valence-corrected chi connectivity index (χ4v) is 9.68. The molecule has 83 heavy (non-hydrogen) atoms. The number of ether oxygens (including phenoxy) is 3. The summed E-state index contributed by atoms with van der Waals surface area (Å²) >= 11 is 0. The first-order valence-corrected chi connectivity index (χ1v) is 35.0. The number of carbonyl (C=O) groups is 3. The van der Waals surface area contributed by atoms with Crippen LogP contribution in [0.1, 0.15) is 329 Å². The minimum Gasteiger partial charge on any atom is -0.462 e. The molecule has 0 heterocycles. The van der Waals surface area contributed by atoms with Crippen molar-refractivity contribution >= 4 is 17.9 Å².